The summed E-state index contributed by atoms with van der Waals surface area (Å²) < 4.78 is 35.7. The first-order valence-corrected chi connectivity index (χ1v) is 10.3. The molecule has 25 heavy (non-hydrogen) atoms. The minimum atomic E-state index is -3.22. The van der Waals surface area contributed by atoms with Gasteiger partial charge in [0, 0.05) is 13.1 Å². The first kappa shape index (κ1) is 19.8. The van der Waals surface area contributed by atoms with E-state index in [2.05, 4.69) is 25.7 Å². The average molecular weight is 368 g/mol. The molecule has 1 unspecified atom stereocenters. The van der Waals surface area contributed by atoms with Gasteiger partial charge in [-0.1, -0.05) is 13.8 Å². The van der Waals surface area contributed by atoms with Crippen molar-refractivity contribution in [3.05, 3.63) is 47.8 Å². The molecule has 140 valence electrons. The number of hydrogen-bond acceptors (Lipinski definition) is 5. The van der Waals surface area contributed by atoms with Crippen molar-refractivity contribution < 1.29 is 17.3 Å². The molecule has 0 aliphatic heterocycles. The Balaban J connectivity index is 2.08. The zero-order valence-corrected chi connectivity index (χ0v) is 16.4. The normalized spacial score (nSPS) is 13.9. The van der Waals surface area contributed by atoms with E-state index in [0.717, 1.165) is 11.5 Å². The van der Waals surface area contributed by atoms with Crippen molar-refractivity contribution in [2.75, 3.05) is 13.3 Å². The molecular weight excluding hydrogens is 340 g/mol. The third-order valence-corrected chi connectivity index (χ3v) is 5.76. The van der Waals surface area contributed by atoms with Crippen LogP contribution >= 0.6 is 0 Å². The summed E-state index contributed by atoms with van der Waals surface area (Å²) in [6.45, 7) is 8.14. The molecule has 0 N–H and O–H groups in total. The van der Waals surface area contributed by atoms with E-state index >= 15 is 0 Å². The fraction of sp³-hybridized carbons (Fsp3) is 0.556. The number of nitrogens with zero attached hydrogens (tertiary/aromatic N) is 2. The van der Waals surface area contributed by atoms with Crippen molar-refractivity contribution in [2.45, 2.75) is 46.4 Å². The smallest absolute Gasteiger partial charge is 0.211 e. The molecule has 7 heteroatoms. The highest BCUT2D eigenvalue weighted by Crippen LogP contribution is 2.20. The Morgan fingerprint density at radius 3 is 2.12 bits per heavy atom. The van der Waals surface area contributed by atoms with Gasteiger partial charge in [-0.2, -0.15) is 4.31 Å². The highest BCUT2D eigenvalue weighted by molar-refractivity contribution is 7.88. The Morgan fingerprint density at radius 1 is 1.00 bits per heavy atom. The monoisotopic (exact) mass is 368 g/mol. The van der Waals surface area contributed by atoms with Gasteiger partial charge >= 0.3 is 0 Å². The topological polar surface area (TPSA) is 66.9 Å². The van der Waals surface area contributed by atoms with Gasteiger partial charge in [0.15, 0.2) is 0 Å². The Morgan fingerprint density at radius 2 is 1.60 bits per heavy atom. The zero-order valence-electron chi connectivity index (χ0n) is 15.6. The van der Waals surface area contributed by atoms with Gasteiger partial charge in [0.1, 0.15) is 17.3 Å². The molecule has 2 heterocycles. The predicted molar refractivity (Wildman–Crippen MR) is 97.3 cm³/mol. The van der Waals surface area contributed by atoms with Gasteiger partial charge in [-0.05, 0) is 37.1 Å². The van der Waals surface area contributed by atoms with Gasteiger partial charge in [0.2, 0.25) is 10.0 Å². The molecule has 0 aliphatic carbocycles. The highest BCUT2D eigenvalue weighted by atomic mass is 32.2. The fourth-order valence-corrected chi connectivity index (χ4v) is 2.86. The van der Waals surface area contributed by atoms with Crippen LogP contribution in [0.1, 0.15) is 38.1 Å². The molecule has 0 bridgehead atoms. The molecule has 2 aromatic heterocycles. The van der Waals surface area contributed by atoms with Crippen molar-refractivity contribution in [3.63, 3.8) is 0 Å². The van der Waals surface area contributed by atoms with Crippen molar-refractivity contribution in [3.8, 4) is 0 Å². The Bertz CT molecular complexity index is 750. The van der Waals surface area contributed by atoms with E-state index in [0.29, 0.717) is 30.8 Å². The molecule has 0 saturated carbocycles. The second kappa shape index (κ2) is 8.21. The molecule has 0 aromatic carbocycles. The maximum atomic E-state index is 11.5. The SMILES string of the molecule is CC(C)C(C)N(Cc1ccco1)Cc1ccc(CN(C)S(C)(=O)=O)o1. The summed E-state index contributed by atoms with van der Waals surface area (Å²) in [5, 5.41) is 0. The molecule has 0 fully saturated rings. The molecule has 6 nitrogen and oxygen atoms in total. The quantitative estimate of drug-likeness (QED) is 0.679. The molecule has 1 atom stereocenters. The summed E-state index contributed by atoms with van der Waals surface area (Å²) in [7, 11) is -1.68. The summed E-state index contributed by atoms with van der Waals surface area (Å²) in [6.07, 6.45) is 2.87. The summed E-state index contributed by atoms with van der Waals surface area (Å²) in [4.78, 5) is 2.30. The molecule has 0 radical (unpaired) electrons. The number of furan rings is 2. The average Bonchev–Trinajstić information content (AvgIpc) is 3.17. The van der Waals surface area contributed by atoms with Crippen molar-refractivity contribution in [1.82, 2.24) is 9.21 Å². The third kappa shape index (κ3) is 5.73. The van der Waals surface area contributed by atoms with Crippen molar-refractivity contribution >= 4 is 10.0 Å². The van der Waals surface area contributed by atoms with E-state index in [-0.39, 0.29) is 6.54 Å². The molecule has 0 spiro atoms. The van der Waals surface area contributed by atoms with E-state index < -0.39 is 10.0 Å². The van der Waals surface area contributed by atoms with Crippen LogP contribution in [0, 0.1) is 5.92 Å². The predicted octanol–water partition coefficient (Wildman–Crippen LogP) is 3.31. The van der Waals surface area contributed by atoms with E-state index in [1.165, 1.54) is 10.6 Å². The molecule has 0 aliphatic rings. The number of sulfonamides is 1. The highest BCUT2D eigenvalue weighted by Gasteiger charge is 2.21. The van der Waals surface area contributed by atoms with E-state index in [1.54, 1.807) is 13.3 Å². The van der Waals surface area contributed by atoms with Crippen molar-refractivity contribution in [1.29, 1.82) is 0 Å². The van der Waals surface area contributed by atoms with Crippen LogP contribution in [-0.2, 0) is 29.7 Å². The van der Waals surface area contributed by atoms with Crippen LogP contribution in [0.2, 0.25) is 0 Å². The molecule has 0 saturated heterocycles. The molecule has 2 rings (SSSR count). The number of hydrogen-bond donors (Lipinski definition) is 0. The van der Waals surface area contributed by atoms with Crippen LogP contribution in [0.15, 0.2) is 39.4 Å². The Labute approximate surface area is 150 Å². The second-order valence-electron chi connectivity index (χ2n) is 6.86. The van der Waals surface area contributed by atoms with Crippen LogP contribution in [0.3, 0.4) is 0 Å². The summed E-state index contributed by atoms with van der Waals surface area (Å²) in [5.74, 6) is 2.85. The first-order chi connectivity index (χ1) is 11.7. The van der Waals surface area contributed by atoms with Gasteiger partial charge in [0.05, 0.1) is 32.2 Å². The standard InChI is InChI=1S/C18H28N2O4S/c1-14(2)15(3)20(12-16-7-6-10-23-16)13-18-9-8-17(24-18)11-19(4)25(5,21)22/h6-10,14-15H,11-13H2,1-5H3. The third-order valence-electron chi connectivity index (χ3n) is 4.50. The van der Waals surface area contributed by atoms with Gasteiger partial charge in [-0.3, -0.25) is 4.90 Å². The van der Waals surface area contributed by atoms with E-state index in [9.17, 15) is 8.42 Å². The lowest BCUT2D eigenvalue weighted by atomic mass is 10.0. The van der Waals surface area contributed by atoms with Crippen LogP contribution in [0.4, 0.5) is 0 Å². The molecule has 2 aromatic rings. The minimum absolute atomic E-state index is 0.233. The summed E-state index contributed by atoms with van der Waals surface area (Å²) in [5.41, 5.74) is 0. The maximum Gasteiger partial charge on any atom is 0.211 e. The first-order valence-electron chi connectivity index (χ1n) is 8.42. The summed E-state index contributed by atoms with van der Waals surface area (Å²) >= 11 is 0. The lowest BCUT2D eigenvalue weighted by molar-refractivity contribution is 0.129. The van der Waals surface area contributed by atoms with Gasteiger partial charge in [-0.15, -0.1) is 0 Å². The van der Waals surface area contributed by atoms with Crippen LogP contribution < -0.4 is 0 Å². The maximum absolute atomic E-state index is 11.5. The fourth-order valence-electron chi connectivity index (χ4n) is 2.50. The van der Waals surface area contributed by atoms with Gasteiger partial charge in [-0.25, -0.2) is 8.42 Å². The van der Waals surface area contributed by atoms with Gasteiger partial charge in [0.25, 0.3) is 0 Å². The number of rotatable bonds is 9. The lowest BCUT2D eigenvalue weighted by Crippen LogP contribution is -2.35. The van der Waals surface area contributed by atoms with Gasteiger partial charge < -0.3 is 8.83 Å². The van der Waals surface area contributed by atoms with Crippen molar-refractivity contribution in [2.24, 2.45) is 5.92 Å². The van der Waals surface area contributed by atoms with Crippen LogP contribution in [0.5, 0.6) is 0 Å². The van der Waals surface area contributed by atoms with E-state index in [1.807, 2.05) is 24.3 Å². The second-order valence-corrected chi connectivity index (χ2v) is 8.95. The largest absolute Gasteiger partial charge is 0.468 e. The zero-order chi connectivity index (χ0) is 18.6. The minimum Gasteiger partial charge on any atom is -0.468 e. The molecular formula is C18H28N2O4S. The lowest BCUT2D eigenvalue weighted by Gasteiger charge is -2.30. The molecule has 0 amide bonds. The van der Waals surface area contributed by atoms with Crippen LogP contribution in [0.25, 0.3) is 0 Å². The van der Waals surface area contributed by atoms with E-state index in [4.69, 9.17) is 8.83 Å². The van der Waals surface area contributed by atoms with Crippen LogP contribution in [-0.4, -0.2) is 37.0 Å². The Kier molecular flexibility index (Phi) is 6.48. The summed E-state index contributed by atoms with van der Waals surface area (Å²) in [6, 6.07) is 7.95. The Hall–Kier alpha value is -1.57.